The average Bonchev–Trinajstić information content (AvgIpc) is 2.39. The first-order chi connectivity index (χ1) is 8.22. The molecule has 0 radical (unpaired) electrons. The normalized spacial score (nSPS) is 19.0. The highest BCUT2D eigenvalue weighted by Crippen LogP contribution is 2.43. The summed E-state index contributed by atoms with van der Waals surface area (Å²) in [6.07, 6.45) is 6.23. The van der Waals surface area contributed by atoms with Crippen LogP contribution in [0.1, 0.15) is 37.7 Å². The lowest BCUT2D eigenvalue weighted by Gasteiger charge is -2.37. The first kappa shape index (κ1) is 12.9. The van der Waals surface area contributed by atoms with Gasteiger partial charge in [-0.2, -0.15) is 0 Å². The highest BCUT2D eigenvalue weighted by atomic mass is 79.9. The Hall–Kier alpha value is -0.540. The zero-order chi connectivity index (χ0) is 12.3. The largest absolute Gasteiger partial charge is 0.496 e. The van der Waals surface area contributed by atoms with Crippen LogP contribution >= 0.6 is 15.9 Å². The third kappa shape index (κ3) is 2.50. The molecule has 0 spiro atoms. The molecule has 1 aromatic carbocycles. The predicted molar refractivity (Wildman–Crippen MR) is 74.5 cm³/mol. The molecule has 1 fully saturated rings. The van der Waals surface area contributed by atoms with Gasteiger partial charge in [-0.25, -0.2) is 0 Å². The van der Waals surface area contributed by atoms with E-state index in [0.29, 0.717) is 6.54 Å². The summed E-state index contributed by atoms with van der Waals surface area (Å²) in [5.74, 6) is 0.973. The summed E-state index contributed by atoms with van der Waals surface area (Å²) in [5.41, 5.74) is 7.47. The molecule has 0 heterocycles. The summed E-state index contributed by atoms with van der Waals surface area (Å²) in [5, 5.41) is 0. The molecule has 0 unspecified atom stereocenters. The van der Waals surface area contributed by atoms with Gasteiger partial charge in [0.2, 0.25) is 0 Å². The standard InChI is InChI=1S/C14H20BrNO/c1-17-13-6-5-11(15)9-12(13)14(10-16)7-3-2-4-8-14/h5-6,9H,2-4,7-8,10,16H2,1H3. The molecule has 0 atom stereocenters. The number of methoxy groups -OCH3 is 1. The smallest absolute Gasteiger partial charge is 0.122 e. The van der Waals surface area contributed by atoms with Crippen molar-refractivity contribution in [2.75, 3.05) is 13.7 Å². The fourth-order valence-electron chi connectivity index (χ4n) is 2.91. The van der Waals surface area contributed by atoms with Crippen LogP contribution in [0, 0.1) is 0 Å². The lowest BCUT2D eigenvalue weighted by Crippen LogP contribution is -2.37. The number of hydrogen-bond donors (Lipinski definition) is 1. The minimum Gasteiger partial charge on any atom is -0.496 e. The molecule has 0 aliphatic heterocycles. The van der Waals surface area contributed by atoms with Gasteiger partial charge >= 0.3 is 0 Å². The Morgan fingerprint density at radius 2 is 2.00 bits per heavy atom. The van der Waals surface area contributed by atoms with Crippen molar-refractivity contribution in [3.8, 4) is 5.75 Å². The number of rotatable bonds is 3. The van der Waals surface area contributed by atoms with Crippen LogP contribution < -0.4 is 10.5 Å². The van der Waals surface area contributed by atoms with E-state index >= 15 is 0 Å². The molecule has 1 aromatic rings. The van der Waals surface area contributed by atoms with Gasteiger partial charge in [-0.05, 0) is 31.0 Å². The van der Waals surface area contributed by atoms with Crippen LogP contribution in [-0.2, 0) is 5.41 Å². The lowest BCUT2D eigenvalue weighted by atomic mass is 9.69. The molecule has 1 saturated carbocycles. The van der Waals surface area contributed by atoms with Crippen molar-refractivity contribution in [1.29, 1.82) is 0 Å². The minimum absolute atomic E-state index is 0.118. The molecule has 1 aliphatic rings. The van der Waals surface area contributed by atoms with Gasteiger partial charge in [0.25, 0.3) is 0 Å². The van der Waals surface area contributed by atoms with Crippen LogP contribution in [0.2, 0.25) is 0 Å². The third-order valence-electron chi connectivity index (χ3n) is 3.93. The van der Waals surface area contributed by atoms with Crippen molar-refractivity contribution in [3.05, 3.63) is 28.2 Å². The van der Waals surface area contributed by atoms with E-state index in [1.54, 1.807) is 7.11 Å². The Kier molecular flexibility index (Phi) is 4.10. The van der Waals surface area contributed by atoms with Gasteiger partial charge in [0.1, 0.15) is 5.75 Å². The van der Waals surface area contributed by atoms with Crippen LogP contribution in [0.15, 0.2) is 22.7 Å². The van der Waals surface area contributed by atoms with E-state index in [-0.39, 0.29) is 5.41 Å². The summed E-state index contributed by atoms with van der Waals surface area (Å²) in [7, 11) is 1.74. The number of ether oxygens (including phenoxy) is 1. The molecule has 0 saturated heterocycles. The first-order valence-corrected chi connectivity index (χ1v) is 7.05. The molecule has 17 heavy (non-hydrogen) atoms. The minimum atomic E-state index is 0.118. The van der Waals surface area contributed by atoms with Gasteiger partial charge in [-0.3, -0.25) is 0 Å². The quantitative estimate of drug-likeness (QED) is 0.925. The Balaban J connectivity index is 2.44. The predicted octanol–water partition coefficient (Wildman–Crippen LogP) is 3.62. The molecule has 2 rings (SSSR count). The van der Waals surface area contributed by atoms with Gasteiger partial charge in [0.05, 0.1) is 7.11 Å². The van der Waals surface area contributed by atoms with Crippen molar-refractivity contribution in [1.82, 2.24) is 0 Å². The van der Waals surface area contributed by atoms with E-state index in [1.165, 1.54) is 37.7 Å². The topological polar surface area (TPSA) is 35.2 Å². The summed E-state index contributed by atoms with van der Waals surface area (Å²) >= 11 is 3.55. The second kappa shape index (κ2) is 5.40. The van der Waals surface area contributed by atoms with Gasteiger partial charge < -0.3 is 10.5 Å². The SMILES string of the molecule is COc1ccc(Br)cc1C1(CN)CCCCC1. The molecule has 2 N–H and O–H groups in total. The van der Waals surface area contributed by atoms with E-state index in [2.05, 4.69) is 22.0 Å². The van der Waals surface area contributed by atoms with Crippen LogP contribution in [0.4, 0.5) is 0 Å². The maximum atomic E-state index is 6.07. The van der Waals surface area contributed by atoms with Crippen LogP contribution in [0.5, 0.6) is 5.75 Å². The maximum Gasteiger partial charge on any atom is 0.122 e. The molecular weight excluding hydrogens is 278 g/mol. The maximum absolute atomic E-state index is 6.07. The summed E-state index contributed by atoms with van der Waals surface area (Å²) in [4.78, 5) is 0. The van der Waals surface area contributed by atoms with E-state index in [4.69, 9.17) is 10.5 Å². The van der Waals surface area contributed by atoms with Gasteiger partial charge in [-0.1, -0.05) is 35.2 Å². The van der Waals surface area contributed by atoms with Crippen LogP contribution in [0.3, 0.4) is 0 Å². The monoisotopic (exact) mass is 297 g/mol. The summed E-state index contributed by atoms with van der Waals surface area (Å²) in [6, 6.07) is 6.23. The lowest BCUT2D eigenvalue weighted by molar-refractivity contribution is 0.288. The number of nitrogens with two attached hydrogens (primary N) is 1. The van der Waals surface area contributed by atoms with E-state index < -0.39 is 0 Å². The van der Waals surface area contributed by atoms with Crippen molar-refractivity contribution in [2.24, 2.45) is 5.73 Å². The zero-order valence-corrected chi connectivity index (χ0v) is 11.9. The molecule has 1 aliphatic carbocycles. The number of halogens is 1. The summed E-state index contributed by atoms with van der Waals surface area (Å²) in [6.45, 7) is 0.708. The Labute approximate surface area is 112 Å². The Bertz CT molecular complexity index is 386. The average molecular weight is 298 g/mol. The van der Waals surface area contributed by atoms with E-state index in [9.17, 15) is 0 Å². The van der Waals surface area contributed by atoms with E-state index in [1.807, 2.05) is 12.1 Å². The van der Waals surface area contributed by atoms with Gasteiger partial charge in [0, 0.05) is 22.0 Å². The number of hydrogen-bond acceptors (Lipinski definition) is 2. The molecule has 0 amide bonds. The van der Waals surface area contributed by atoms with Crippen molar-refractivity contribution < 1.29 is 4.74 Å². The van der Waals surface area contributed by atoms with Crippen molar-refractivity contribution in [2.45, 2.75) is 37.5 Å². The molecule has 0 aromatic heterocycles. The zero-order valence-electron chi connectivity index (χ0n) is 10.3. The number of benzene rings is 1. The van der Waals surface area contributed by atoms with Crippen LogP contribution in [-0.4, -0.2) is 13.7 Å². The summed E-state index contributed by atoms with van der Waals surface area (Å²) < 4.78 is 6.61. The molecule has 2 nitrogen and oxygen atoms in total. The van der Waals surface area contributed by atoms with Crippen LogP contribution in [0.25, 0.3) is 0 Å². The third-order valence-corrected chi connectivity index (χ3v) is 4.43. The highest BCUT2D eigenvalue weighted by Gasteiger charge is 2.34. The van der Waals surface area contributed by atoms with Crippen molar-refractivity contribution in [3.63, 3.8) is 0 Å². The molecule has 3 heteroatoms. The first-order valence-electron chi connectivity index (χ1n) is 6.26. The second-order valence-corrected chi connectivity index (χ2v) is 5.81. The van der Waals surface area contributed by atoms with Gasteiger partial charge in [-0.15, -0.1) is 0 Å². The Morgan fingerprint density at radius 3 is 2.59 bits per heavy atom. The highest BCUT2D eigenvalue weighted by molar-refractivity contribution is 9.10. The Morgan fingerprint density at radius 1 is 1.29 bits per heavy atom. The van der Waals surface area contributed by atoms with Crippen molar-refractivity contribution >= 4 is 15.9 Å². The van der Waals surface area contributed by atoms with E-state index in [0.717, 1.165) is 10.2 Å². The molecule has 0 bridgehead atoms. The second-order valence-electron chi connectivity index (χ2n) is 4.89. The van der Waals surface area contributed by atoms with Gasteiger partial charge in [0.15, 0.2) is 0 Å². The molecule has 94 valence electrons. The fraction of sp³-hybridized carbons (Fsp3) is 0.571. The fourth-order valence-corrected chi connectivity index (χ4v) is 3.27. The molecular formula is C14H20BrNO.